The predicted molar refractivity (Wildman–Crippen MR) is 55.0 cm³/mol. The number of amides is 1. The van der Waals surface area contributed by atoms with Crippen LogP contribution in [0.15, 0.2) is 30.3 Å². The first-order valence-electron chi connectivity index (χ1n) is 5.23. The van der Waals surface area contributed by atoms with Crippen LogP contribution >= 0.6 is 0 Å². The van der Waals surface area contributed by atoms with Crippen molar-refractivity contribution < 1.29 is 14.7 Å². The predicted octanol–water partition coefficient (Wildman–Crippen LogP) is -0.0725. The molecule has 1 heterocycles. The standard InChI is InChI=1S/C12H13NO3/c14-11-7-6-10(12(15)16)13(11)8-9-4-2-1-3-5-9/h1-5,10H,6-8H2,(H,15,16)/p-1/t10-/m0/s1. The molecule has 1 fully saturated rings. The Morgan fingerprint density at radius 3 is 2.69 bits per heavy atom. The molecule has 0 unspecified atom stereocenters. The van der Waals surface area contributed by atoms with Gasteiger partial charge >= 0.3 is 0 Å². The van der Waals surface area contributed by atoms with Crippen molar-refractivity contribution in [2.75, 3.05) is 0 Å². The Kier molecular flexibility index (Phi) is 2.90. The second kappa shape index (κ2) is 4.35. The monoisotopic (exact) mass is 218 g/mol. The van der Waals surface area contributed by atoms with Crippen LogP contribution in [0.4, 0.5) is 0 Å². The molecule has 16 heavy (non-hydrogen) atoms. The van der Waals surface area contributed by atoms with Gasteiger partial charge < -0.3 is 14.8 Å². The number of hydrogen-bond acceptors (Lipinski definition) is 3. The van der Waals surface area contributed by atoms with Crippen LogP contribution in [0, 0.1) is 0 Å². The van der Waals surface area contributed by atoms with Crippen LogP contribution in [0.25, 0.3) is 0 Å². The van der Waals surface area contributed by atoms with Gasteiger partial charge in [-0.2, -0.15) is 0 Å². The molecule has 2 rings (SSSR count). The minimum atomic E-state index is -1.17. The van der Waals surface area contributed by atoms with Gasteiger partial charge in [-0.15, -0.1) is 0 Å². The van der Waals surface area contributed by atoms with E-state index in [1.165, 1.54) is 4.90 Å². The lowest BCUT2D eigenvalue weighted by atomic mass is 10.2. The fraction of sp³-hybridized carbons (Fsp3) is 0.333. The van der Waals surface area contributed by atoms with Crippen molar-refractivity contribution in [3.05, 3.63) is 35.9 Å². The van der Waals surface area contributed by atoms with E-state index < -0.39 is 12.0 Å². The van der Waals surface area contributed by atoms with Gasteiger partial charge in [0.25, 0.3) is 0 Å². The highest BCUT2D eigenvalue weighted by molar-refractivity contribution is 5.86. The molecule has 0 bridgehead atoms. The topological polar surface area (TPSA) is 60.4 Å². The van der Waals surface area contributed by atoms with E-state index in [0.29, 0.717) is 19.4 Å². The number of likely N-dealkylation sites (tertiary alicyclic amines) is 1. The Morgan fingerprint density at radius 2 is 2.06 bits per heavy atom. The average molecular weight is 218 g/mol. The van der Waals surface area contributed by atoms with Gasteiger partial charge in [0.05, 0.1) is 12.0 Å². The third kappa shape index (κ3) is 2.05. The minimum absolute atomic E-state index is 0.113. The number of carboxylic acids is 1. The molecule has 4 heteroatoms. The van der Waals surface area contributed by atoms with Gasteiger partial charge in [-0.1, -0.05) is 30.3 Å². The largest absolute Gasteiger partial charge is 0.548 e. The Balaban J connectivity index is 2.13. The molecule has 0 radical (unpaired) electrons. The number of rotatable bonds is 3. The number of carboxylic acid groups (broad SMARTS) is 1. The molecule has 84 valence electrons. The van der Waals surface area contributed by atoms with E-state index in [9.17, 15) is 14.7 Å². The number of nitrogens with zero attached hydrogens (tertiary/aromatic N) is 1. The Hall–Kier alpha value is -1.84. The van der Waals surface area contributed by atoms with E-state index in [-0.39, 0.29) is 5.91 Å². The Labute approximate surface area is 93.5 Å². The first kappa shape index (κ1) is 10.7. The maximum Gasteiger partial charge on any atom is 0.223 e. The van der Waals surface area contributed by atoms with Crippen LogP contribution in [0.5, 0.6) is 0 Å². The molecule has 4 nitrogen and oxygen atoms in total. The van der Waals surface area contributed by atoms with Gasteiger partial charge in [-0.25, -0.2) is 0 Å². The number of hydrogen-bond donors (Lipinski definition) is 0. The van der Waals surface area contributed by atoms with Gasteiger partial charge in [-0.05, 0) is 12.0 Å². The Morgan fingerprint density at radius 1 is 1.38 bits per heavy atom. The molecule has 1 atom stereocenters. The summed E-state index contributed by atoms with van der Waals surface area (Å²) < 4.78 is 0. The van der Waals surface area contributed by atoms with E-state index in [0.717, 1.165) is 5.56 Å². The molecular formula is C12H12NO3-. The second-order valence-electron chi connectivity index (χ2n) is 3.88. The average Bonchev–Trinajstić information content (AvgIpc) is 2.62. The van der Waals surface area contributed by atoms with Gasteiger partial charge in [0.2, 0.25) is 5.91 Å². The van der Waals surface area contributed by atoms with Crippen LogP contribution < -0.4 is 5.11 Å². The summed E-state index contributed by atoms with van der Waals surface area (Å²) in [5.41, 5.74) is 0.934. The zero-order valence-corrected chi connectivity index (χ0v) is 8.76. The van der Waals surface area contributed by atoms with Crippen molar-refractivity contribution >= 4 is 11.9 Å². The molecule has 0 spiro atoms. The summed E-state index contributed by atoms with van der Waals surface area (Å²) in [4.78, 5) is 23.8. The summed E-state index contributed by atoms with van der Waals surface area (Å²) in [5, 5.41) is 10.8. The molecule has 1 aliphatic heterocycles. The lowest BCUT2D eigenvalue weighted by Gasteiger charge is -2.25. The van der Waals surface area contributed by atoms with Crippen molar-refractivity contribution in [3.63, 3.8) is 0 Å². The van der Waals surface area contributed by atoms with Crippen LogP contribution in [0.2, 0.25) is 0 Å². The molecule has 1 amide bonds. The van der Waals surface area contributed by atoms with Crippen molar-refractivity contribution in [1.82, 2.24) is 4.90 Å². The lowest BCUT2D eigenvalue weighted by molar-refractivity contribution is -0.310. The third-order valence-corrected chi connectivity index (χ3v) is 2.80. The summed E-state index contributed by atoms with van der Waals surface area (Å²) in [5.74, 6) is -1.28. The highest BCUT2D eigenvalue weighted by Gasteiger charge is 2.31. The smallest absolute Gasteiger partial charge is 0.223 e. The number of aliphatic carboxylic acids is 1. The summed E-state index contributed by atoms with van der Waals surface area (Å²) in [6.07, 6.45) is 0.652. The number of carbonyl (C=O) groups excluding carboxylic acids is 2. The van der Waals surface area contributed by atoms with Crippen molar-refractivity contribution in [1.29, 1.82) is 0 Å². The molecule has 0 aliphatic carbocycles. The normalized spacial score (nSPS) is 20.1. The fourth-order valence-electron chi connectivity index (χ4n) is 1.96. The van der Waals surface area contributed by atoms with E-state index in [2.05, 4.69) is 0 Å². The molecule has 0 aromatic heterocycles. The van der Waals surface area contributed by atoms with Crippen molar-refractivity contribution in [2.45, 2.75) is 25.4 Å². The van der Waals surface area contributed by atoms with Crippen LogP contribution in [0.1, 0.15) is 18.4 Å². The molecule has 0 N–H and O–H groups in total. The first-order chi connectivity index (χ1) is 7.68. The SMILES string of the molecule is O=C([O-])[C@@H]1CCC(=O)N1Cc1ccccc1. The fourth-order valence-corrected chi connectivity index (χ4v) is 1.96. The highest BCUT2D eigenvalue weighted by Crippen LogP contribution is 2.20. The third-order valence-electron chi connectivity index (χ3n) is 2.80. The highest BCUT2D eigenvalue weighted by atomic mass is 16.4. The molecule has 1 saturated heterocycles. The minimum Gasteiger partial charge on any atom is -0.548 e. The van der Waals surface area contributed by atoms with Gasteiger partial charge in [-0.3, -0.25) is 4.79 Å². The lowest BCUT2D eigenvalue weighted by Crippen LogP contribution is -2.45. The van der Waals surface area contributed by atoms with E-state index in [4.69, 9.17) is 0 Å². The molecule has 1 aromatic rings. The van der Waals surface area contributed by atoms with Crippen molar-refractivity contribution in [2.24, 2.45) is 0 Å². The molecule has 1 aliphatic rings. The molecular weight excluding hydrogens is 206 g/mol. The summed E-state index contributed by atoms with van der Waals surface area (Å²) in [6.45, 7) is 0.346. The quantitative estimate of drug-likeness (QED) is 0.713. The summed E-state index contributed by atoms with van der Waals surface area (Å²) >= 11 is 0. The molecule has 0 saturated carbocycles. The van der Waals surface area contributed by atoms with Crippen molar-refractivity contribution in [3.8, 4) is 0 Å². The zero-order valence-electron chi connectivity index (χ0n) is 8.76. The van der Waals surface area contributed by atoms with Crippen LogP contribution in [-0.4, -0.2) is 22.8 Å². The van der Waals surface area contributed by atoms with Gasteiger partial charge in [0, 0.05) is 13.0 Å². The van der Waals surface area contributed by atoms with E-state index in [1.54, 1.807) is 0 Å². The molecule has 1 aromatic carbocycles. The van der Waals surface area contributed by atoms with Crippen LogP contribution in [0.3, 0.4) is 0 Å². The maximum absolute atomic E-state index is 11.5. The second-order valence-corrected chi connectivity index (χ2v) is 3.88. The number of carbonyl (C=O) groups is 2. The van der Waals surface area contributed by atoms with E-state index in [1.807, 2.05) is 30.3 Å². The van der Waals surface area contributed by atoms with Gasteiger partial charge in [0.15, 0.2) is 0 Å². The van der Waals surface area contributed by atoms with Gasteiger partial charge in [0.1, 0.15) is 0 Å². The summed E-state index contributed by atoms with van der Waals surface area (Å²) in [7, 11) is 0. The van der Waals surface area contributed by atoms with E-state index >= 15 is 0 Å². The number of benzene rings is 1. The Bertz CT molecular complexity index is 402. The zero-order chi connectivity index (χ0) is 11.5. The summed E-state index contributed by atoms with van der Waals surface area (Å²) in [6, 6.07) is 8.59. The first-order valence-corrected chi connectivity index (χ1v) is 5.23. The van der Waals surface area contributed by atoms with Crippen LogP contribution in [-0.2, 0) is 16.1 Å². The maximum atomic E-state index is 11.5.